The van der Waals surface area contributed by atoms with Crippen LogP contribution in [-0.2, 0) is 9.53 Å². The number of carbonyl (C=O) groups excluding carboxylic acids is 1. The monoisotopic (exact) mass is 298 g/mol. The molecule has 0 spiro atoms. The molecule has 120 valence electrons. The molecule has 0 aliphatic heterocycles. The van der Waals surface area contributed by atoms with Gasteiger partial charge in [-0.25, -0.2) is 4.79 Å². The molecule has 0 aromatic heterocycles. The highest BCUT2D eigenvalue weighted by Gasteiger charge is 2.41. The van der Waals surface area contributed by atoms with Crippen molar-refractivity contribution < 1.29 is 19.4 Å². The minimum absolute atomic E-state index is 0.215. The van der Waals surface area contributed by atoms with Crippen molar-refractivity contribution in [3.63, 3.8) is 0 Å². The first kappa shape index (κ1) is 16.1. The second kappa shape index (κ2) is 7.64. The first-order valence-electron chi connectivity index (χ1n) is 7.95. The van der Waals surface area contributed by atoms with Crippen LogP contribution in [0, 0.1) is 11.3 Å². The van der Waals surface area contributed by atoms with Crippen molar-refractivity contribution in [3.8, 4) is 0 Å². The van der Waals surface area contributed by atoms with Gasteiger partial charge in [-0.2, -0.15) is 0 Å². The van der Waals surface area contributed by atoms with Gasteiger partial charge in [-0.3, -0.25) is 4.79 Å². The SMILES string of the molecule is O=C(NCCCOCC1CC1)NCC1(C(=O)O)CCCC1. The number of nitrogens with one attached hydrogen (secondary N) is 2. The highest BCUT2D eigenvalue weighted by molar-refractivity contribution is 5.78. The lowest BCUT2D eigenvalue weighted by atomic mass is 9.86. The minimum Gasteiger partial charge on any atom is -0.481 e. The molecule has 0 radical (unpaired) electrons. The van der Waals surface area contributed by atoms with Gasteiger partial charge in [0.25, 0.3) is 0 Å². The average molecular weight is 298 g/mol. The molecule has 0 atom stereocenters. The number of hydrogen-bond donors (Lipinski definition) is 3. The molecular weight excluding hydrogens is 272 g/mol. The third kappa shape index (κ3) is 5.19. The molecule has 0 aromatic rings. The Labute approximate surface area is 125 Å². The zero-order chi connectivity index (χ0) is 15.1. The van der Waals surface area contributed by atoms with E-state index >= 15 is 0 Å². The Morgan fingerprint density at radius 1 is 1.19 bits per heavy atom. The molecule has 2 aliphatic carbocycles. The predicted molar refractivity (Wildman–Crippen MR) is 78.1 cm³/mol. The number of hydrogen-bond acceptors (Lipinski definition) is 3. The molecule has 6 heteroatoms. The molecule has 0 saturated heterocycles. The van der Waals surface area contributed by atoms with E-state index in [0.717, 1.165) is 31.8 Å². The lowest BCUT2D eigenvalue weighted by molar-refractivity contribution is -0.148. The van der Waals surface area contributed by atoms with Crippen LogP contribution in [0.5, 0.6) is 0 Å². The number of amides is 2. The van der Waals surface area contributed by atoms with Gasteiger partial charge in [0.15, 0.2) is 0 Å². The maximum atomic E-state index is 11.7. The second-order valence-electron chi connectivity index (χ2n) is 6.27. The standard InChI is InChI=1S/C15H26N2O4/c18-13(19)15(6-1-2-7-15)11-17-14(20)16-8-3-9-21-10-12-4-5-12/h12H,1-11H2,(H,18,19)(H2,16,17,20). The normalized spacial score (nSPS) is 20.2. The van der Waals surface area contributed by atoms with Gasteiger partial charge in [0.1, 0.15) is 0 Å². The van der Waals surface area contributed by atoms with Crippen LogP contribution in [0.3, 0.4) is 0 Å². The van der Waals surface area contributed by atoms with E-state index in [1.165, 1.54) is 12.8 Å². The van der Waals surface area contributed by atoms with Crippen molar-refractivity contribution in [2.75, 3.05) is 26.3 Å². The number of carboxylic acid groups (broad SMARTS) is 1. The summed E-state index contributed by atoms with van der Waals surface area (Å²) in [6, 6.07) is -0.287. The molecule has 0 bridgehead atoms. The summed E-state index contributed by atoms with van der Waals surface area (Å²) in [6.07, 6.45) is 6.50. The highest BCUT2D eigenvalue weighted by Crippen LogP contribution is 2.37. The van der Waals surface area contributed by atoms with Crippen molar-refractivity contribution >= 4 is 12.0 Å². The average Bonchev–Trinajstić information content (AvgIpc) is 3.15. The van der Waals surface area contributed by atoms with Crippen molar-refractivity contribution in [3.05, 3.63) is 0 Å². The lowest BCUT2D eigenvalue weighted by Gasteiger charge is -2.24. The van der Waals surface area contributed by atoms with Crippen LogP contribution >= 0.6 is 0 Å². The molecule has 2 amide bonds. The molecule has 21 heavy (non-hydrogen) atoms. The lowest BCUT2D eigenvalue weighted by Crippen LogP contribution is -2.45. The van der Waals surface area contributed by atoms with Crippen molar-refractivity contribution in [1.29, 1.82) is 0 Å². The summed E-state index contributed by atoms with van der Waals surface area (Å²) in [5, 5.41) is 14.7. The number of urea groups is 1. The summed E-state index contributed by atoms with van der Waals surface area (Å²) < 4.78 is 5.48. The van der Waals surface area contributed by atoms with Gasteiger partial charge in [0, 0.05) is 26.3 Å². The smallest absolute Gasteiger partial charge is 0.314 e. The van der Waals surface area contributed by atoms with Gasteiger partial charge in [-0.15, -0.1) is 0 Å². The summed E-state index contributed by atoms with van der Waals surface area (Å²) in [5.41, 5.74) is -0.759. The van der Waals surface area contributed by atoms with Gasteiger partial charge < -0.3 is 20.5 Å². The summed E-state index contributed by atoms with van der Waals surface area (Å²) in [6.45, 7) is 2.27. The number of aliphatic carboxylic acids is 1. The Morgan fingerprint density at radius 2 is 1.90 bits per heavy atom. The molecule has 2 aliphatic rings. The third-order valence-corrected chi connectivity index (χ3v) is 4.40. The third-order valence-electron chi connectivity index (χ3n) is 4.40. The Hall–Kier alpha value is -1.30. The Bertz CT molecular complexity index is 363. The van der Waals surface area contributed by atoms with Gasteiger partial charge in [-0.05, 0) is 38.0 Å². The fraction of sp³-hybridized carbons (Fsp3) is 0.867. The van der Waals surface area contributed by atoms with E-state index in [2.05, 4.69) is 10.6 Å². The molecule has 0 unspecified atom stereocenters. The van der Waals surface area contributed by atoms with Crippen LogP contribution in [0.4, 0.5) is 4.79 Å². The van der Waals surface area contributed by atoms with Gasteiger partial charge in [0.05, 0.1) is 5.41 Å². The molecule has 2 fully saturated rings. The Kier molecular flexibility index (Phi) is 5.85. The van der Waals surface area contributed by atoms with E-state index < -0.39 is 11.4 Å². The quantitative estimate of drug-likeness (QED) is 0.566. The van der Waals surface area contributed by atoms with Crippen LogP contribution < -0.4 is 10.6 Å². The fourth-order valence-electron chi connectivity index (χ4n) is 2.74. The molecule has 2 rings (SSSR count). The number of rotatable bonds is 9. The summed E-state index contributed by atoms with van der Waals surface area (Å²) in [5.74, 6) is -0.0337. The zero-order valence-electron chi connectivity index (χ0n) is 12.5. The van der Waals surface area contributed by atoms with E-state index in [0.29, 0.717) is 26.0 Å². The number of ether oxygens (including phenoxy) is 1. The molecule has 0 heterocycles. The summed E-state index contributed by atoms with van der Waals surface area (Å²) >= 11 is 0. The second-order valence-corrected chi connectivity index (χ2v) is 6.27. The van der Waals surface area contributed by atoms with Crippen molar-refractivity contribution in [1.82, 2.24) is 10.6 Å². The van der Waals surface area contributed by atoms with Crippen LogP contribution in [0.2, 0.25) is 0 Å². The van der Waals surface area contributed by atoms with E-state index in [-0.39, 0.29) is 12.6 Å². The number of carboxylic acids is 1. The molecule has 6 nitrogen and oxygen atoms in total. The molecular formula is C15H26N2O4. The summed E-state index contributed by atoms with van der Waals surface area (Å²) in [7, 11) is 0. The first-order valence-corrected chi connectivity index (χ1v) is 7.95. The van der Waals surface area contributed by atoms with Crippen molar-refractivity contribution in [2.45, 2.75) is 44.9 Å². The molecule has 2 saturated carbocycles. The first-order chi connectivity index (χ1) is 10.1. The van der Waals surface area contributed by atoms with Crippen LogP contribution in [-0.4, -0.2) is 43.4 Å². The van der Waals surface area contributed by atoms with E-state index in [1.807, 2.05) is 0 Å². The summed E-state index contributed by atoms with van der Waals surface area (Å²) in [4.78, 5) is 23.0. The van der Waals surface area contributed by atoms with Gasteiger partial charge >= 0.3 is 12.0 Å². The van der Waals surface area contributed by atoms with Gasteiger partial charge in [0.2, 0.25) is 0 Å². The number of carbonyl (C=O) groups is 2. The molecule has 3 N–H and O–H groups in total. The minimum atomic E-state index is -0.797. The Balaban J connectivity index is 1.53. The highest BCUT2D eigenvalue weighted by atomic mass is 16.5. The van der Waals surface area contributed by atoms with Crippen molar-refractivity contribution in [2.24, 2.45) is 11.3 Å². The maximum absolute atomic E-state index is 11.7. The maximum Gasteiger partial charge on any atom is 0.314 e. The van der Waals surface area contributed by atoms with Gasteiger partial charge in [-0.1, -0.05) is 12.8 Å². The van der Waals surface area contributed by atoms with Crippen LogP contribution in [0.1, 0.15) is 44.9 Å². The van der Waals surface area contributed by atoms with E-state index in [1.54, 1.807) is 0 Å². The van der Waals surface area contributed by atoms with E-state index in [9.17, 15) is 14.7 Å². The zero-order valence-corrected chi connectivity index (χ0v) is 12.5. The topological polar surface area (TPSA) is 87.7 Å². The largest absolute Gasteiger partial charge is 0.481 e. The molecule has 0 aromatic carbocycles. The predicted octanol–water partition coefficient (Wildman–Crippen LogP) is 1.75. The van der Waals surface area contributed by atoms with E-state index in [4.69, 9.17) is 4.74 Å². The fourth-order valence-corrected chi connectivity index (χ4v) is 2.74. The van der Waals surface area contributed by atoms with Crippen LogP contribution in [0.15, 0.2) is 0 Å². The van der Waals surface area contributed by atoms with Crippen LogP contribution in [0.25, 0.3) is 0 Å². The Morgan fingerprint density at radius 3 is 2.52 bits per heavy atom.